The van der Waals surface area contributed by atoms with Crippen LogP contribution in [0.1, 0.15) is 41.7 Å². The minimum atomic E-state index is -0.125. The summed E-state index contributed by atoms with van der Waals surface area (Å²) in [5.74, 6) is -0.0625. The number of benzene rings is 2. The molecule has 0 saturated heterocycles. The molecule has 1 N–H and O–H groups in total. The molecule has 0 aliphatic heterocycles. The number of aromatic nitrogens is 1. The van der Waals surface area contributed by atoms with Gasteiger partial charge in [0.15, 0.2) is 5.78 Å². The van der Waals surface area contributed by atoms with Crippen molar-refractivity contribution >= 4 is 16.7 Å². The zero-order valence-corrected chi connectivity index (χ0v) is 20.5. The third kappa shape index (κ3) is 6.35. The molecule has 0 aliphatic rings. The average Bonchev–Trinajstić information content (AvgIpc) is 2.59. The van der Waals surface area contributed by atoms with E-state index in [4.69, 9.17) is 10.1 Å². The molecule has 3 aromatic rings. The summed E-state index contributed by atoms with van der Waals surface area (Å²) in [6, 6.07) is 14.1. The van der Waals surface area contributed by atoms with Crippen LogP contribution in [0.2, 0.25) is 0 Å². The Morgan fingerprint density at radius 3 is 2.21 bits per heavy atom. The molecular weight excluding hydrogens is 538 g/mol. The molecule has 1 radical (unpaired) electrons. The Bertz CT molecular complexity index is 1060. The predicted molar refractivity (Wildman–Crippen MR) is 117 cm³/mol. The first-order chi connectivity index (χ1) is 13.1. The summed E-state index contributed by atoms with van der Waals surface area (Å²) >= 11 is 0. The Kier molecular flexibility index (Phi) is 8.94. The molecule has 0 saturated carbocycles. The fourth-order valence-electron chi connectivity index (χ4n) is 3.07. The van der Waals surface area contributed by atoms with E-state index in [1.165, 1.54) is 53.1 Å². The van der Waals surface area contributed by atoms with Crippen molar-refractivity contribution in [2.45, 2.75) is 48.5 Å². The summed E-state index contributed by atoms with van der Waals surface area (Å²) in [7, 11) is 0. The van der Waals surface area contributed by atoms with E-state index in [9.17, 15) is 4.79 Å². The van der Waals surface area contributed by atoms with Crippen molar-refractivity contribution in [1.29, 1.82) is 0 Å². The second kappa shape index (κ2) is 10.5. The van der Waals surface area contributed by atoms with Crippen molar-refractivity contribution in [2.24, 2.45) is 0 Å². The number of hydrogen-bond acceptors (Lipinski definition) is 3. The maximum atomic E-state index is 10.0. The van der Waals surface area contributed by atoms with Gasteiger partial charge in [0.05, 0.1) is 11.3 Å². The quantitative estimate of drug-likeness (QED) is 0.226. The van der Waals surface area contributed by atoms with Gasteiger partial charge < -0.3 is 5.11 Å². The molecule has 1 heterocycles. The molecule has 0 amide bonds. The van der Waals surface area contributed by atoms with Crippen molar-refractivity contribution in [3.05, 3.63) is 76.1 Å². The molecule has 0 spiro atoms. The molecule has 0 atom stereocenters. The number of carbonyl (C=O) groups excluding carboxylic acids is 1. The van der Waals surface area contributed by atoms with E-state index in [2.05, 4.69) is 71.0 Å². The van der Waals surface area contributed by atoms with Gasteiger partial charge in [-0.05, 0) is 50.9 Å². The van der Waals surface area contributed by atoms with Crippen LogP contribution in [0.4, 0.5) is 0 Å². The van der Waals surface area contributed by atoms with Crippen molar-refractivity contribution in [3.63, 3.8) is 0 Å². The molecule has 155 valence electrons. The number of nitrogens with zero attached hydrogens (tertiary/aromatic N) is 1. The summed E-state index contributed by atoms with van der Waals surface area (Å²) in [5, 5.41) is 9.57. The smallest absolute Gasteiger partial charge is 0.155 e. The molecule has 1 aromatic heterocycles. The Morgan fingerprint density at radius 1 is 1.00 bits per heavy atom. The Hall–Kier alpha value is -2.29. The minimum absolute atomic E-state index is 0. The molecule has 2 aromatic carbocycles. The largest absolute Gasteiger partial charge is 0.512 e. The van der Waals surface area contributed by atoms with Gasteiger partial charge in [-0.3, -0.25) is 9.78 Å². The summed E-state index contributed by atoms with van der Waals surface area (Å²) in [4.78, 5) is 14.9. The molecule has 4 heteroatoms. The third-order valence-corrected chi connectivity index (χ3v) is 4.77. The van der Waals surface area contributed by atoms with Crippen LogP contribution in [-0.2, 0) is 24.9 Å². The fraction of sp³-hybridized carbons (Fsp3) is 0.280. The van der Waals surface area contributed by atoms with Crippen molar-refractivity contribution < 1.29 is 30.0 Å². The molecule has 0 aliphatic carbocycles. The van der Waals surface area contributed by atoms with Gasteiger partial charge in [-0.15, -0.1) is 34.4 Å². The summed E-state index contributed by atoms with van der Waals surface area (Å²) in [6.45, 7) is 13.6. The van der Waals surface area contributed by atoms with Gasteiger partial charge in [0, 0.05) is 26.2 Å². The standard InChI is InChI=1S/C20H20N.C5H8O2.Ir/c1-12-6-9-19-17(10-12)11-14(3)20(21-19)18-8-7-13(2)15(4)16(18)5;1-4(6)3-5(2)7;/h6-7,9-11H,1-5H3;3,6H,1-2H3;/q-1;;/b;4-3-;. The topological polar surface area (TPSA) is 50.2 Å². The molecule has 0 fully saturated rings. The van der Waals surface area contributed by atoms with Crippen molar-refractivity contribution in [2.75, 3.05) is 0 Å². The summed E-state index contributed by atoms with van der Waals surface area (Å²) < 4.78 is 0. The molecular formula is C25H28IrNO2-. The van der Waals surface area contributed by atoms with Gasteiger partial charge in [-0.25, -0.2) is 0 Å². The first kappa shape index (κ1) is 24.7. The Morgan fingerprint density at radius 2 is 1.66 bits per heavy atom. The van der Waals surface area contributed by atoms with Crippen LogP contribution in [0.15, 0.2) is 42.2 Å². The van der Waals surface area contributed by atoms with E-state index >= 15 is 0 Å². The van der Waals surface area contributed by atoms with Crippen LogP contribution in [-0.4, -0.2) is 15.9 Å². The normalized spacial score (nSPS) is 10.8. The average molecular weight is 567 g/mol. The maximum Gasteiger partial charge on any atom is 0.155 e. The van der Waals surface area contributed by atoms with Crippen LogP contribution in [0.3, 0.4) is 0 Å². The van der Waals surface area contributed by atoms with Gasteiger partial charge in [0.25, 0.3) is 0 Å². The fourth-order valence-corrected chi connectivity index (χ4v) is 3.07. The number of aryl methyl sites for hydroxylation is 3. The predicted octanol–water partition coefficient (Wildman–Crippen LogP) is 6.28. The molecule has 3 nitrogen and oxygen atoms in total. The van der Waals surface area contributed by atoms with E-state index in [-0.39, 0.29) is 31.6 Å². The van der Waals surface area contributed by atoms with E-state index in [1.54, 1.807) is 0 Å². The number of fused-ring (bicyclic) bond motifs is 1. The van der Waals surface area contributed by atoms with Crippen LogP contribution < -0.4 is 0 Å². The van der Waals surface area contributed by atoms with Gasteiger partial charge in [-0.2, -0.15) is 0 Å². The number of allylic oxidation sites excluding steroid dienone is 2. The van der Waals surface area contributed by atoms with Gasteiger partial charge in [0.2, 0.25) is 0 Å². The van der Waals surface area contributed by atoms with Crippen LogP contribution in [0.5, 0.6) is 0 Å². The first-order valence-corrected chi connectivity index (χ1v) is 9.35. The number of hydrogen-bond donors (Lipinski definition) is 1. The zero-order chi connectivity index (χ0) is 21.0. The number of aliphatic hydroxyl groups excluding tert-OH is 1. The van der Waals surface area contributed by atoms with E-state index in [0.29, 0.717) is 0 Å². The molecule has 3 rings (SSSR count). The summed E-state index contributed by atoms with van der Waals surface area (Å²) in [6.07, 6.45) is 1.17. The van der Waals surface area contributed by atoms with Gasteiger partial charge in [-0.1, -0.05) is 44.0 Å². The zero-order valence-electron chi connectivity index (χ0n) is 18.1. The first-order valence-electron chi connectivity index (χ1n) is 9.35. The SMILES string of the molecule is CC(=O)/C=C(/C)O.Cc1ccc2nc(-c3[c-]cc(C)c(C)c3C)c(C)cc2c1.[Ir]. The number of rotatable bonds is 2. The monoisotopic (exact) mass is 567 g/mol. The number of carbonyl (C=O) groups is 1. The number of pyridine rings is 1. The van der Waals surface area contributed by atoms with Crippen LogP contribution in [0, 0.1) is 40.7 Å². The second-order valence-electron chi connectivity index (χ2n) is 7.34. The van der Waals surface area contributed by atoms with E-state index < -0.39 is 0 Å². The molecule has 29 heavy (non-hydrogen) atoms. The number of ketones is 1. The van der Waals surface area contributed by atoms with Gasteiger partial charge >= 0.3 is 0 Å². The van der Waals surface area contributed by atoms with E-state index in [1.807, 2.05) is 0 Å². The number of aliphatic hydroxyl groups is 1. The summed E-state index contributed by atoms with van der Waals surface area (Å²) in [5.41, 5.74) is 9.58. The maximum absolute atomic E-state index is 10.0. The van der Waals surface area contributed by atoms with E-state index in [0.717, 1.165) is 16.8 Å². The molecule has 0 bridgehead atoms. The van der Waals surface area contributed by atoms with Crippen LogP contribution in [0.25, 0.3) is 22.2 Å². The third-order valence-electron chi connectivity index (χ3n) is 4.77. The molecule has 0 unspecified atom stereocenters. The Balaban J connectivity index is 0.000000456. The van der Waals surface area contributed by atoms with Crippen molar-refractivity contribution in [1.82, 2.24) is 4.98 Å². The minimum Gasteiger partial charge on any atom is -0.512 e. The second-order valence-corrected chi connectivity index (χ2v) is 7.34. The van der Waals surface area contributed by atoms with Crippen LogP contribution >= 0.6 is 0 Å². The Labute approximate surface area is 187 Å². The van der Waals surface area contributed by atoms with Crippen molar-refractivity contribution in [3.8, 4) is 11.3 Å². The van der Waals surface area contributed by atoms with Gasteiger partial charge in [0.1, 0.15) is 0 Å².